The molecular weight excluding hydrogens is 193 g/mol. The van der Waals surface area contributed by atoms with Gasteiger partial charge in [0.15, 0.2) is 0 Å². The minimum atomic E-state index is -0.314. The molecule has 1 aromatic rings. The molecule has 1 saturated heterocycles. The quantitative estimate of drug-likeness (QED) is 0.805. The van der Waals surface area contributed by atoms with Crippen molar-refractivity contribution in [2.24, 2.45) is 5.73 Å². The molecule has 0 spiro atoms. The van der Waals surface area contributed by atoms with Crippen LogP contribution in [0.5, 0.6) is 0 Å². The summed E-state index contributed by atoms with van der Waals surface area (Å²) in [5, 5.41) is 0. The summed E-state index contributed by atoms with van der Waals surface area (Å²) in [7, 11) is 0. The van der Waals surface area contributed by atoms with Crippen LogP contribution in [0.25, 0.3) is 0 Å². The highest BCUT2D eigenvalue weighted by Crippen LogP contribution is 2.26. The molecule has 2 N–H and O–H groups in total. The monoisotopic (exact) mass is 209 g/mol. The molecular formula is C11H16FN3. The molecule has 1 atom stereocenters. The smallest absolute Gasteiger partial charge is 0.141 e. The summed E-state index contributed by atoms with van der Waals surface area (Å²) in [6, 6.07) is 1.96. The van der Waals surface area contributed by atoms with Gasteiger partial charge in [0.25, 0.3) is 0 Å². The number of rotatable bonds is 2. The molecule has 0 saturated carbocycles. The van der Waals surface area contributed by atoms with E-state index in [-0.39, 0.29) is 5.82 Å². The van der Waals surface area contributed by atoms with Gasteiger partial charge in [0.2, 0.25) is 0 Å². The van der Waals surface area contributed by atoms with E-state index in [9.17, 15) is 4.39 Å². The molecule has 0 bridgehead atoms. The molecule has 0 amide bonds. The molecule has 1 unspecified atom stereocenters. The molecule has 0 aliphatic carbocycles. The van der Waals surface area contributed by atoms with Crippen molar-refractivity contribution in [2.45, 2.75) is 32.4 Å². The number of pyridine rings is 1. The molecule has 1 aromatic heterocycles. The average Bonchev–Trinajstić information content (AvgIpc) is 2.64. The lowest BCUT2D eigenvalue weighted by molar-refractivity contribution is 0.616. The fourth-order valence-electron chi connectivity index (χ4n) is 2.13. The van der Waals surface area contributed by atoms with Gasteiger partial charge in [0.05, 0.1) is 6.20 Å². The van der Waals surface area contributed by atoms with E-state index < -0.39 is 0 Å². The van der Waals surface area contributed by atoms with Gasteiger partial charge < -0.3 is 10.6 Å². The van der Waals surface area contributed by atoms with Crippen LogP contribution in [0.2, 0.25) is 0 Å². The second-order valence-electron chi connectivity index (χ2n) is 4.03. The highest BCUT2D eigenvalue weighted by atomic mass is 19.1. The molecule has 3 nitrogen and oxygen atoms in total. The number of hydrogen-bond donors (Lipinski definition) is 1. The Hall–Kier alpha value is -1.16. The molecule has 15 heavy (non-hydrogen) atoms. The topological polar surface area (TPSA) is 42.2 Å². The standard InChI is InChI=1S/C11H16FN3/c1-8-3-2-4-15(8)11-9(6-13)5-10(12)7-14-11/h5,7-8H,2-4,6,13H2,1H3. The van der Waals surface area contributed by atoms with E-state index in [0.29, 0.717) is 12.6 Å². The Kier molecular flexibility index (Phi) is 2.86. The number of halogens is 1. The Balaban J connectivity index is 2.34. The van der Waals surface area contributed by atoms with E-state index in [0.717, 1.165) is 17.9 Å². The van der Waals surface area contributed by atoms with Gasteiger partial charge in [-0.2, -0.15) is 0 Å². The summed E-state index contributed by atoms with van der Waals surface area (Å²) >= 11 is 0. The van der Waals surface area contributed by atoms with Gasteiger partial charge >= 0.3 is 0 Å². The molecule has 1 aliphatic heterocycles. The van der Waals surface area contributed by atoms with Crippen molar-refractivity contribution in [1.29, 1.82) is 0 Å². The third kappa shape index (κ3) is 1.95. The second-order valence-corrected chi connectivity index (χ2v) is 4.03. The van der Waals surface area contributed by atoms with Crippen molar-refractivity contribution in [2.75, 3.05) is 11.4 Å². The molecule has 4 heteroatoms. The fraction of sp³-hybridized carbons (Fsp3) is 0.545. The van der Waals surface area contributed by atoms with E-state index in [2.05, 4.69) is 16.8 Å². The first kappa shape index (κ1) is 10.4. The predicted molar refractivity (Wildman–Crippen MR) is 58.1 cm³/mol. The summed E-state index contributed by atoms with van der Waals surface area (Å²) in [5.74, 6) is 0.537. The van der Waals surface area contributed by atoms with Gasteiger partial charge in [0.1, 0.15) is 11.6 Å². The van der Waals surface area contributed by atoms with Gasteiger partial charge in [-0.3, -0.25) is 0 Å². The lowest BCUT2D eigenvalue weighted by Gasteiger charge is -2.24. The number of aromatic nitrogens is 1. The van der Waals surface area contributed by atoms with Crippen molar-refractivity contribution in [3.8, 4) is 0 Å². The van der Waals surface area contributed by atoms with E-state index in [1.54, 1.807) is 0 Å². The SMILES string of the molecule is CC1CCCN1c1ncc(F)cc1CN. The summed E-state index contributed by atoms with van der Waals surface area (Å²) in [5.41, 5.74) is 6.39. The molecule has 1 fully saturated rings. The number of nitrogens with zero attached hydrogens (tertiary/aromatic N) is 2. The zero-order valence-electron chi connectivity index (χ0n) is 8.91. The number of anilines is 1. The van der Waals surface area contributed by atoms with E-state index in [1.165, 1.54) is 25.1 Å². The van der Waals surface area contributed by atoms with Crippen LogP contribution < -0.4 is 10.6 Å². The summed E-state index contributed by atoms with van der Waals surface area (Å²) in [4.78, 5) is 6.36. The van der Waals surface area contributed by atoms with Crippen LogP contribution in [0, 0.1) is 5.82 Å². The Morgan fingerprint density at radius 1 is 1.67 bits per heavy atom. The number of hydrogen-bond acceptors (Lipinski definition) is 3. The first-order valence-electron chi connectivity index (χ1n) is 5.33. The predicted octanol–water partition coefficient (Wildman–Crippen LogP) is 1.67. The highest BCUT2D eigenvalue weighted by Gasteiger charge is 2.23. The van der Waals surface area contributed by atoms with Crippen LogP contribution in [-0.2, 0) is 6.54 Å². The Morgan fingerprint density at radius 2 is 2.47 bits per heavy atom. The summed E-state index contributed by atoms with van der Waals surface area (Å²) < 4.78 is 13.0. The largest absolute Gasteiger partial charge is 0.354 e. The van der Waals surface area contributed by atoms with Crippen molar-refractivity contribution in [1.82, 2.24) is 4.98 Å². The van der Waals surface area contributed by atoms with Crippen LogP contribution in [0.15, 0.2) is 12.3 Å². The van der Waals surface area contributed by atoms with Crippen LogP contribution in [0.4, 0.5) is 10.2 Å². The van der Waals surface area contributed by atoms with Crippen LogP contribution in [0.3, 0.4) is 0 Å². The molecule has 0 aromatic carbocycles. The Bertz CT molecular complexity index is 354. The van der Waals surface area contributed by atoms with E-state index in [4.69, 9.17) is 5.73 Å². The number of nitrogens with two attached hydrogens (primary N) is 1. The van der Waals surface area contributed by atoms with Gasteiger partial charge in [-0.25, -0.2) is 9.37 Å². The Morgan fingerprint density at radius 3 is 3.07 bits per heavy atom. The molecule has 2 rings (SSSR count). The average molecular weight is 209 g/mol. The van der Waals surface area contributed by atoms with Crippen LogP contribution >= 0.6 is 0 Å². The first-order chi connectivity index (χ1) is 7.22. The van der Waals surface area contributed by atoms with Gasteiger partial charge in [-0.05, 0) is 25.8 Å². The van der Waals surface area contributed by atoms with Gasteiger partial charge in [-0.1, -0.05) is 0 Å². The maximum atomic E-state index is 13.0. The molecule has 2 heterocycles. The van der Waals surface area contributed by atoms with Crippen LogP contribution in [-0.4, -0.2) is 17.6 Å². The van der Waals surface area contributed by atoms with E-state index >= 15 is 0 Å². The van der Waals surface area contributed by atoms with Crippen molar-refractivity contribution >= 4 is 5.82 Å². The summed E-state index contributed by atoms with van der Waals surface area (Å²) in [6.07, 6.45) is 3.60. The molecule has 82 valence electrons. The summed E-state index contributed by atoms with van der Waals surface area (Å²) in [6.45, 7) is 3.49. The van der Waals surface area contributed by atoms with Gasteiger partial charge in [-0.15, -0.1) is 0 Å². The zero-order valence-corrected chi connectivity index (χ0v) is 8.91. The van der Waals surface area contributed by atoms with Gasteiger partial charge in [0, 0.05) is 24.7 Å². The lowest BCUT2D eigenvalue weighted by Crippen LogP contribution is -2.28. The second kappa shape index (κ2) is 4.14. The fourth-order valence-corrected chi connectivity index (χ4v) is 2.13. The minimum Gasteiger partial charge on any atom is -0.354 e. The van der Waals surface area contributed by atoms with Crippen molar-refractivity contribution in [3.63, 3.8) is 0 Å². The Labute approximate surface area is 89.1 Å². The first-order valence-corrected chi connectivity index (χ1v) is 5.33. The maximum Gasteiger partial charge on any atom is 0.141 e. The third-order valence-corrected chi connectivity index (χ3v) is 2.95. The zero-order chi connectivity index (χ0) is 10.8. The maximum absolute atomic E-state index is 13.0. The molecule has 0 radical (unpaired) electrons. The third-order valence-electron chi connectivity index (χ3n) is 2.95. The highest BCUT2D eigenvalue weighted by molar-refractivity contribution is 5.48. The minimum absolute atomic E-state index is 0.314. The van der Waals surface area contributed by atoms with Crippen molar-refractivity contribution in [3.05, 3.63) is 23.6 Å². The van der Waals surface area contributed by atoms with Crippen molar-refractivity contribution < 1.29 is 4.39 Å². The molecule has 1 aliphatic rings. The lowest BCUT2D eigenvalue weighted by atomic mass is 10.2. The van der Waals surface area contributed by atoms with Crippen LogP contribution in [0.1, 0.15) is 25.3 Å². The van der Waals surface area contributed by atoms with E-state index in [1.807, 2.05) is 0 Å². The normalized spacial score (nSPS) is 21.0.